The zero-order valence-electron chi connectivity index (χ0n) is 7.43. The van der Waals surface area contributed by atoms with Crippen molar-refractivity contribution < 1.29 is 0 Å². The number of hydrogen-bond donors (Lipinski definition) is 0. The van der Waals surface area contributed by atoms with Gasteiger partial charge in [0.15, 0.2) is 0 Å². The van der Waals surface area contributed by atoms with Crippen LogP contribution in [0.1, 0.15) is 39.5 Å². The van der Waals surface area contributed by atoms with Crippen molar-refractivity contribution >= 4 is 5.71 Å². The van der Waals surface area contributed by atoms with E-state index in [1.54, 1.807) is 0 Å². The van der Waals surface area contributed by atoms with Gasteiger partial charge in [-0.3, -0.25) is 4.99 Å². The molecule has 0 aromatic rings. The van der Waals surface area contributed by atoms with Crippen LogP contribution in [0.3, 0.4) is 0 Å². The standard InChI is InChI=1S/C9H16N2/c1-3-5-6-7-11-9(4-2)8-10/h3-7H2,1-2H3. The number of unbranched alkanes of at least 4 members (excludes halogenated alkanes) is 2. The minimum Gasteiger partial charge on any atom is -0.279 e. The van der Waals surface area contributed by atoms with Crippen LogP contribution in [0.2, 0.25) is 0 Å². The first-order valence-corrected chi connectivity index (χ1v) is 4.28. The largest absolute Gasteiger partial charge is 0.279 e. The molecule has 0 rings (SSSR count). The highest BCUT2D eigenvalue weighted by atomic mass is 14.7. The highest BCUT2D eigenvalue weighted by Crippen LogP contribution is 1.94. The summed E-state index contributed by atoms with van der Waals surface area (Å²) in [6, 6.07) is 2.08. The predicted molar refractivity (Wildman–Crippen MR) is 47.7 cm³/mol. The smallest absolute Gasteiger partial charge is 0.114 e. The minimum atomic E-state index is 0.682. The maximum atomic E-state index is 8.50. The zero-order valence-corrected chi connectivity index (χ0v) is 7.43. The van der Waals surface area contributed by atoms with Crippen molar-refractivity contribution in [3.63, 3.8) is 0 Å². The molecule has 0 N–H and O–H groups in total. The average Bonchev–Trinajstić information content (AvgIpc) is 2.05. The van der Waals surface area contributed by atoms with E-state index in [-0.39, 0.29) is 0 Å². The highest BCUT2D eigenvalue weighted by molar-refractivity contribution is 5.98. The SMILES string of the molecule is CCCCCN=C(C#N)CC. The lowest BCUT2D eigenvalue weighted by atomic mass is 10.2. The fourth-order valence-electron chi connectivity index (χ4n) is 0.802. The molecule has 0 spiro atoms. The Labute approximate surface area is 68.9 Å². The lowest BCUT2D eigenvalue weighted by Crippen LogP contribution is -1.93. The van der Waals surface area contributed by atoms with Gasteiger partial charge in [-0.2, -0.15) is 5.26 Å². The molecular formula is C9H16N2. The van der Waals surface area contributed by atoms with Crippen LogP contribution in [0.25, 0.3) is 0 Å². The Kier molecular flexibility index (Phi) is 6.71. The molecule has 2 heteroatoms. The molecule has 0 aliphatic carbocycles. The maximum absolute atomic E-state index is 8.50. The quantitative estimate of drug-likeness (QED) is 0.440. The second-order valence-corrected chi connectivity index (χ2v) is 2.50. The summed E-state index contributed by atoms with van der Waals surface area (Å²) >= 11 is 0. The molecule has 0 fully saturated rings. The van der Waals surface area contributed by atoms with E-state index < -0.39 is 0 Å². The molecule has 0 radical (unpaired) electrons. The first-order chi connectivity index (χ1) is 5.35. The molecule has 0 unspecified atom stereocenters. The molecule has 0 heterocycles. The predicted octanol–water partition coefficient (Wildman–Crippen LogP) is 2.55. The summed E-state index contributed by atoms with van der Waals surface area (Å²) in [7, 11) is 0. The fourth-order valence-corrected chi connectivity index (χ4v) is 0.802. The van der Waals surface area contributed by atoms with E-state index in [1.165, 1.54) is 12.8 Å². The van der Waals surface area contributed by atoms with Crippen LogP contribution in [-0.2, 0) is 0 Å². The molecule has 2 nitrogen and oxygen atoms in total. The summed E-state index contributed by atoms with van der Waals surface area (Å²) < 4.78 is 0. The Morgan fingerprint density at radius 2 is 2.09 bits per heavy atom. The Bertz CT molecular complexity index is 153. The van der Waals surface area contributed by atoms with Crippen molar-refractivity contribution in [2.24, 2.45) is 4.99 Å². The molecule has 0 aliphatic heterocycles. The molecule has 0 atom stereocenters. The van der Waals surface area contributed by atoms with Crippen LogP contribution in [-0.4, -0.2) is 12.3 Å². The summed E-state index contributed by atoms with van der Waals surface area (Å²) in [5.74, 6) is 0. The summed E-state index contributed by atoms with van der Waals surface area (Å²) in [5.41, 5.74) is 0.682. The van der Waals surface area contributed by atoms with Crippen LogP contribution in [0, 0.1) is 11.3 Å². The van der Waals surface area contributed by atoms with Gasteiger partial charge in [0.1, 0.15) is 11.8 Å². The van der Waals surface area contributed by atoms with Crippen LogP contribution in [0.4, 0.5) is 0 Å². The number of aliphatic imine (C=N–C) groups is 1. The van der Waals surface area contributed by atoms with Crippen LogP contribution in [0.15, 0.2) is 4.99 Å². The zero-order chi connectivity index (χ0) is 8.53. The van der Waals surface area contributed by atoms with Gasteiger partial charge in [-0.15, -0.1) is 0 Å². The summed E-state index contributed by atoms with van der Waals surface area (Å²) in [5, 5.41) is 8.50. The van der Waals surface area contributed by atoms with Crippen LogP contribution >= 0.6 is 0 Å². The van der Waals surface area contributed by atoms with E-state index in [0.717, 1.165) is 19.4 Å². The number of hydrogen-bond acceptors (Lipinski definition) is 2. The molecule has 62 valence electrons. The van der Waals surface area contributed by atoms with Gasteiger partial charge in [-0.05, 0) is 12.8 Å². The average molecular weight is 152 g/mol. The van der Waals surface area contributed by atoms with Gasteiger partial charge in [0.25, 0.3) is 0 Å². The lowest BCUT2D eigenvalue weighted by molar-refractivity contribution is 0.727. The number of rotatable bonds is 5. The maximum Gasteiger partial charge on any atom is 0.114 e. The molecule has 0 aromatic heterocycles. The van der Waals surface area contributed by atoms with Gasteiger partial charge < -0.3 is 0 Å². The fraction of sp³-hybridized carbons (Fsp3) is 0.778. The van der Waals surface area contributed by atoms with E-state index in [1.807, 2.05) is 6.92 Å². The molecular weight excluding hydrogens is 136 g/mol. The number of nitriles is 1. The third-order valence-electron chi connectivity index (χ3n) is 1.53. The molecule has 0 saturated heterocycles. The van der Waals surface area contributed by atoms with Crippen molar-refractivity contribution in [2.45, 2.75) is 39.5 Å². The third-order valence-corrected chi connectivity index (χ3v) is 1.53. The minimum absolute atomic E-state index is 0.682. The molecule has 0 saturated carbocycles. The molecule has 0 aromatic carbocycles. The summed E-state index contributed by atoms with van der Waals surface area (Å²) in [6.45, 7) is 4.95. The van der Waals surface area contributed by atoms with E-state index in [4.69, 9.17) is 5.26 Å². The lowest BCUT2D eigenvalue weighted by Gasteiger charge is -1.93. The second kappa shape index (κ2) is 7.27. The Morgan fingerprint density at radius 1 is 1.36 bits per heavy atom. The van der Waals surface area contributed by atoms with Gasteiger partial charge in [0.2, 0.25) is 0 Å². The summed E-state index contributed by atoms with van der Waals surface area (Å²) in [4.78, 5) is 4.15. The Balaban J connectivity index is 3.47. The number of nitrogens with zero attached hydrogens (tertiary/aromatic N) is 2. The van der Waals surface area contributed by atoms with E-state index in [9.17, 15) is 0 Å². The molecule has 0 bridgehead atoms. The van der Waals surface area contributed by atoms with Gasteiger partial charge in [-0.1, -0.05) is 26.7 Å². The first kappa shape index (κ1) is 10.2. The first-order valence-electron chi connectivity index (χ1n) is 4.28. The monoisotopic (exact) mass is 152 g/mol. The normalized spacial score (nSPS) is 11.2. The van der Waals surface area contributed by atoms with Crippen LogP contribution in [0.5, 0.6) is 0 Å². The highest BCUT2D eigenvalue weighted by Gasteiger charge is 1.90. The van der Waals surface area contributed by atoms with Crippen molar-refractivity contribution in [2.75, 3.05) is 6.54 Å². The van der Waals surface area contributed by atoms with E-state index >= 15 is 0 Å². The van der Waals surface area contributed by atoms with Crippen molar-refractivity contribution in [3.8, 4) is 6.07 Å². The molecule has 11 heavy (non-hydrogen) atoms. The molecule has 0 aliphatic rings. The Hall–Kier alpha value is -0.840. The van der Waals surface area contributed by atoms with Crippen molar-refractivity contribution in [3.05, 3.63) is 0 Å². The Morgan fingerprint density at radius 3 is 2.55 bits per heavy atom. The summed E-state index contributed by atoms with van der Waals surface area (Å²) in [6.07, 6.45) is 4.31. The third kappa shape index (κ3) is 5.60. The van der Waals surface area contributed by atoms with Gasteiger partial charge in [0.05, 0.1) is 0 Å². The molecule has 0 amide bonds. The second-order valence-electron chi connectivity index (χ2n) is 2.50. The van der Waals surface area contributed by atoms with Crippen LogP contribution < -0.4 is 0 Å². The van der Waals surface area contributed by atoms with Gasteiger partial charge >= 0.3 is 0 Å². The van der Waals surface area contributed by atoms with Gasteiger partial charge in [0, 0.05) is 6.54 Å². The van der Waals surface area contributed by atoms with E-state index in [0.29, 0.717) is 5.71 Å². The van der Waals surface area contributed by atoms with Crippen molar-refractivity contribution in [1.82, 2.24) is 0 Å². The van der Waals surface area contributed by atoms with Crippen molar-refractivity contribution in [1.29, 1.82) is 5.26 Å². The van der Waals surface area contributed by atoms with Gasteiger partial charge in [-0.25, -0.2) is 0 Å². The topological polar surface area (TPSA) is 36.1 Å². The van der Waals surface area contributed by atoms with E-state index in [2.05, 4.69) is 18.0 Å².